The first-order valence-corrected chi connectivity index (χ1v) is 6.82. The van der Waals surface area contributed by atoms with Crippen LogP contribution in [0, 0.1) is 5.41 Å². The van der Waals surface area contributed by atoms with E-state index < -0.39 is 11.7 Å². The van der Waals surface area contributed by atoms with E-state index in [2.05, 4.69) is 5.32 Å². The molecule has 0 spiro atoms. The summed E-state index contributed by atoms with van der Waals surface area (Å²) >= 11 is 0. The number of halogens is 3. The second-order valence-electron chi connectivity index (χ2n) is 6.15. The summed E-state index contributed by atoms with van der Waals surface area (Å²) in [7, 11) is 1.43. The molecule has 1 saturated heterocycles. The van der Waals surface area contributed by atoms with Crippen LogP contribution in [0.25, 0.3) is 0 Å². The van der Waals surface area contributed by atoms with Crippen LogP contribution in [0.4, 0.5) is 18.9 Å². The van der Waals surface area contributed by atoms with Crippen LogP contribution in [0.1, 0.15) is 36.2 Å². The average molecular weight is 300 g/mol. The third-order valence-corrected chi connectivity index (χ3v) is 3.81. The number of hydrogen-bond acceptors (Lipinski definition) is 2. The molecule has 1 heterocycles. The van der Waals surface area contributed by atoms with Gasteiger partial charge in [-0.1, -0.05) is 13.8 Å². The van der Waals surface area contributed by atoms with Crippen molar-refractivity contribution in [1.82, 2.24) is 4.90 Å². The van der Waals surface area contributed by atoms with Crippen molar-refractivity contribution in [3.05, 3.63) is 29.3 Å². The molecule has 2 rings (SSSR count). The predicted molar refractivity (Wildman–Crippen MR) is 75.3 cm³/mol. The molecular weight excluding hydrogens is 281 g/mol. The minimum atomic E-state index is -4.49. The van der Waals surface area contributed by atoms with Crippen molar-refractivity contribution in [2.75, 3.05) is 25.5 Å². The Hall–Kier alpha value is -1.72. The lowest BCUT2D eigenvalue weighted by Crippen LogP contribution is -2.30. The van der Waals surface area contributed by atoms with Gasteiger partial charge in [-0.3, -0.25) is 4.79 Å². The summed E-state index contributed by atoms with van der Waals surface area (Å²) in [5.41, 5.74) is -0.734. The van der Waals surface area contributed by atoms with Gasteiger partial charge in [-0.15, -0.1) is 0 Å². The number of alkyl halides is 3. The number of amides is 1. The van der Waals surface area contributed by atoms with Gasteiger partial charge in [0.25, 0.3) is 5.91 Å². The molecule has 1 aromatic carbocycles. The molecule has 21 heavy (non-hydrogen) atoms. The molecule has 1 fully saturated rings. The Kier molecular flexibility index (Phi) is 3.91. The first kappa shape index (κ1) is 15.7. The number of benzene rings is 1. The van der Waals surface area contributed by atoms with Crippen LogP contribution >= 0.6 is 0 Å². The average Bonchev–Trinajstić information content (AvgIpc) is 2.76. The second kappa shape index (κ2) is 5.24. The van der Waals surface area contributed by atoms with Gasteiger partial charge in [0.2, 0.25) is 0 Å². The summed E-state index contributed by atoms with van der Waals surface area (Å²) in [5, 5.41) is 2.51. The Bertz CT molecular complexity index is 552. The van der Waals surface area contributed by atoms with Crippen molar-refractivity contribution in [3.8, 4) is 0 Å². The van der Waals surface area contributed by atoms with Crippen molar-refractivity contribution in [1.29, 1.82) is 0 Å². The van der Waals surface area contributed by atoms with E-state index in [0.717, 1.165) is 12.5 Å². The number of hydrogen-bond donors (Lipinski definition) is 1. The fourth-order valence-corrected chi connectivity index (χ4v) is 2.60. The van der Waals surface area contributed by atoms with E-state index in [0.29, 0.717) is 13.1 Å². The SMILES string of the molecule is CNc1ccc(C(=O)N2CCC(C)(C)C2)cc1C(F)(F)F. The number of nitrogens with zero attached hydrogens (tertiary/aromatic N) is 1. The van der Waals surface area contributed by atoms with E-state index in [4.69, 9.17) is 0 Å². The van der Waals surface area contributed by atoms with Crippen LogP contribution in [0.5, 0.6) is 0 Å². The number of carbonyl (C=O) groups is 1. The molecule has 1 N–H and O–H groups in total. The zero-order valence-corrected chi connectivity index (χ0v) is 12.3. The highest BCUT2D eigenvalue weighted by Gasteiger charge is 2.36. The fraction of sp³-hybridized carbons (Fsp3) is 0.533. The van der Waals surface area contributed by atoms with Gasteiger partial charge >= 0.3 is 6.18 Å². The van der Waals surface area contributed by atoms with E-state index in [1.165, 1.54) is 19.2 Å². The summed E-state index contributed by atoms with van der Waals surface area (Å²) in [5.74, 6) is -0.339. The molecule has 1 aromatic rings. The predicted octanol–water partition coefficient (Wildman–Crippen LogP) is 3.62. The lowest BCUT2D eigenvalue weighted by molar-refractivity contribution is -0.136. The number of anilines is 1. The maximum absolute atomic E-state index is 13.0. The van der Waals surface area contributed by atoms with Gasteiger partial charge in [0, 0.05) is 31.4 Å². The monoisotopic (exact) mass is 300 g/mol. The topological polar surface area (TPSA) is 32.3 Å². The third-order valence-electron chi connectivity index (χ3n) is 3.81. The van der Waals surface area contributed by atoms with Crippen molar-refractivity contribution < 1.29 is 18.0 Å². The van der Waals surface area contributed by atoms with Gasteiger partial charge in [0.15, 0.2) is 0 Å². The van der Waals surface area contributed by atoms with E-state index in [9.17, 15) is 18.0 Å². The summed E-state index contributed by atoms with van der Waals surface area (Å²) in [6.07, 6.45) is -3.63. The number of carbonyl (C=O) groups excluding carboxylic acids is 1. The zero-order valence-electron chi connectivity index (χ0n) is 12.3. The molecule has 0 aromatic heterocycles. The standard InChI is InChI=1S/C15H19F3N2O/c1-14(2)6-7-20(9-14)13(21)10-4-5-12(19-3)11(8-10)15(16,17)18/h4-5,8,19H,6-7,9H2,1-3H3. The van der Waals surface area contributed by atoms with Gasteiger partial charge in [0.05, 0.1) is 5.56 Å². The maximum atomic E-state index is 13.0. The van der Waals surface area contributed by atoms with Gasteiger partial charge < -0.3 is 10.2 Å². The first-order chi connectivity index (χ1) is 9.64. The largest absolute Gasteiger partial charge is 0.418 e. The number of nitrogens with one attached hydrogen (secondary N) is 1. The molecule has 0 atom stereocenters. The van der Waals surface area contributed by atoms with E-state index >= 15 is 0 Å². The Labute approximate surface area is 122 Å². The quantitative estimate of drug-likeness (QED) is 0.904. The molecule has 1 aliphatic heterocycles. The lowest BCUT2D eigenvalue weighted by Gasteiger charge is -2.21. The lowest BCUT2D eigenvalue weighted by atomic mass is 9.93. The summed E-state index contributed by atoms with van der Waals surface area (Å²) in [6, 6.07) is 3.67. The van der Waals surface area contributed by atoms with Crippen molar-refractivity contribution in [3.63, 3.8) is 0 Å². The van der Waals surface area contributed by atoms with Gasteiger partial charge in [0.1, 0.15) is 0 Å². The van der Waals surface area contributed by atoms with Crippen LogP contribution in [-0.2, 0) is 6.18 Å². The molecule has 0 bridgehead atoms. The molecule has 1 aliphatic rings. The van der Waals surface area contributed by atoms with Crippen LogP contribution < -0.4 is 5.32 Å². The zero-order chi connectivity index (χ0) is 15.8. The van der Waals surface area contributed by atoms with Crippen LogP contribution in [0.15, 0.2) is 18.2 Å². The highest BCUT2D eigenvalue weighted by Crippen LogP contribution is 2.36. The summed E-state index contributed by atoms with van der Waals surface area (Å²) < 4.78 is 39.0. The van der Waals surface area contributed by atoms with Gasteiger partial charge in [-0.05, 0) is 30.0 Å². The molecule has 3 nitrogen and oxygen atoms in total. The molecule has 6 heteroatoms. The van der Waals surface area contributed by atoms with E-state index in [1.807, 2.05) is 13.8 Å². The Morgan fingerprint density at radius 3 is 2.48 bits per heavy atom. The van der Waals surface area contributed by atoms with E-state index in [1.54, 1.807) is 4.90 Å². The fourth-order valence-electron chi connectivity index (χ4n) is 2.60. The first-order valence-electron chi connectivity index (χ1n) is 6.82. The van der Waals surface area contributed by atoms with Gasteiger partial charge in [-0.25, -0.2) is 0 Å². The van der Waals surface area contributed by atoms with Crippen LogP contribution in [-0.4, -0.2) is 30.9 Å². The van der Waals surface area contributed by atoms with E-state index in [-0.39, 0.29) is 22.6 Å². The smallest absolute Gasteiger partial charge is 0.388 e. The molecule has 0 unspecified atom stereocenters. The maximum Gasteiger partial charge on any atom is 0.418 e. The van der Waals surface area contributed by atoms with Crippen molar-refractivity contribution in [2.24, 2.45) is 5.41 Å². The van der Waals surface area contributed by atoms with Crippen LogP contribution in [0.2, 0.25) is 0 Å². The molecule has 0 saturated carbocycles. The number of likely N-dealkylation sites (tertiary alicyclic amines) is 1. The summed E-state index contributed by atoms with van der Waals surface area (Å²) in [4.78, 5) is 14.0. The van der Waals surface area contributed by atoms with Crippen molar-refractivity contribution >= 4 is 11.6 Å². The molecule has 0 aliphatic carbocycles. The molecular formula is C15H19F3N2O. The molecule has 116 valence electrons. The third kappa shape index (κ3) is 3.31. The minimum absolute atomic E-state index is 0.0213. The highest BCUT2D eigenvalue weighted by molar-refractivity contribution is 5.95. The van der Waals surface area contributed by atoms with Crippen molar-refractivity contribution in [2.45, 2.75) is 26.4 Å². The molecule has 0 radical (unpaired) electrons. The minimum Gasteiger partial charge on any atom is -0.388 e. The Balaban J connectivity index is 2.31. The number of rotatable bonds is 2. The Morgan fingerprint density at radius 2 is 2.00 bits per heavy atom. The Morgan fingerprint density at radius 1 is 1.33 bits per heavy atom. The summed E-state index contributed by atoms with van der Waals surface area (Å²) in [6.45, 7) is 5.25. The second-order valence-corrected chi connectivity index (χ2v) is 6.15. The highest BCUT2D eigenvalue weighted by atomic mass is 19.4. The molecule has 1 amide bonds. The normalized spacial score (nSPS) is 17.9. The van der Waals surface area contributed by atoms with Crippen LogP contribution in [0.3, 0.4) is 0 Å². The van der Waals surface area contributed by atoms with Gasteiger partial charge in [-0.2, -0.15) is 13.2 Å².